The van der Waals surface area contributed by atoms with Crippen LogP contribution >= 0.6 is 11.6 Å². The van der Waals surface area contributed by atoms with E-state index < -0.39 is 0 Å². The Hall–Kier alpha value is -1.26. The number of hydrogen-bond acceptors (Lipinski definition) is 3. The van der Waals surface area contributed by atoms with Crippen LogP contribution in [0.2, 0.25) is 5.02 Å². The maximum atomic E-state index is 11.1. The molecule has 0 saturated carbocycles. The Balaban J connectivity index is 2.53. The van der Waals surface area contributed by atoms with Gasteiger partial charge in [-0.3, -0.25) is 4.79 Å². The van der Waals surface area contributed by atoms with E-state index in [0.717, 1.165) is 5.56 Å². The number of carbonyl (C=O) groups excluding carboxylic acids is 1. The molecule has 0 saturated heterocycles. The molecule has 1 amide bonds. The standard InChI is InChI=1S/C12H17ClN2O2/c1-14-11(16)6-7-15(2)8-9-4-3-5-10(13)12(9)17/h3-5,17H,6-8H2,1-2H3,(H,14,16). The summed E-state index contributed by atoms with van der Waals surface area (Å²) in [6, 6.07) is 5.26. The van der Waals surface area contributed by atoms with Gasteiger partial charge in [0.25, 0.3) is 0 Å². The number of hydrogen-bond donors (Lipinski definition) is 2. The Morgan fingerprint density at radius 1 is 1.53 bits per heavy atom. The van der Waals surface area contributed by atoms with Crippen LogP contribution in [0.15, 0.2) is 18.2 Å². The lowest BCUT2D eigenvalue weighted by atomic mass is 10.2. The molecule has 0 heterocycles. The first-order valence-electron chi connectivity index (χ1n) is 5.40. The second kappa shape index (κ2) is 6.47. The molecule has 0 fully saturated rings. The number of nitrogens with zero attached hydrogens (tertiary/aromatic N) is 1. The zero-order chi connectivity index (χ0) is 12.8. The Morgan fingerprint density at radius 3 is 2.88 bits per heavy atom. The summed E-state index contributed by atoms with van der Waals surface area (Å²) in [6.07, 6.45) is 0.439. The number of nitrogens with one attached hydrogen (secondary N) is 1. The zero-order valence-corrected chi connectivity index (χ0v) is 10.8. The average molecular weight is 257 g/mol. The Morgan fingerprint density at radius 2 is 2.24 bits per heavy atom. The number of carbonyl (C=O) groups is 1. The highest BCUT2D eigenvalue weighted by Crippen LogP contribution is 2.27. The Kier molecular flexibility index (Phi) is 5.25. The molecule has 4 nitrogen and oxygen atoms in total. The van der Waals surface area contributed by atoms with Crippen molar-refractivity contribution in [1.82, 2.24) is 10.2 Å². The number of para-hydroxylation sites is 1. The second-order valence-corrected chi connectivity index (χ2v) is 4.32. The molecule has 5 heteroatoms. The molecule has 0 atom stereocenters. The number of aromatic hydroxyl groups is 1. The molecule has 0 aliphatic heterocycles. The molecule has 0 spiro atoms. The first-order chi connectivity index (χ1) is 8.04. The summed E-state index contributed by atoms with van der Waals surface area (Å²) >= 11 is 5.81. The predicted molar refractivity (Wildman–Crippen MR) is 68.1 cm³/mol. The van der Waals surface area contributed by atoms with E-state index in [-0.39, 0.29) is 11.7 Å². The molecule has 0 unspecified atom stereocenters. The summed E-state index contributed by atoms with van der Waals surface area (Å²) in [7, 11) is 3.51. The fourth-order valence-corrected chi connectivity index (χ4v) is 1.67. The summed E-state index contributed by atoms with van der Waals surface area (Å²) < 4.78 is 0. The van der Waals surface area contributed by atoms with Gasteiger partial charge in [-0.15, -0.1) is 0 Å². The molecule has 17 heavy (non-hydrogen) atoms. The van der Waals surface area contributed by atoms with Gasteiger partial charge in [0.15, 0.2) is 0 Å². The Bertz CT molecular complexity index is 396. The number of halogens is 1. The van der Waals surface area contributed by atoms with Crippen molar-refractivity contribution in [2.45, 2.75) is 13.0 Å². The van der Waals surface area contributed by atoms with Gasteiger partial charge in [-0.05, 0) is 13.1 Å². The quantitative estimate of drug-likeness (QED) is 0.842. The highest BCUT2D eigenvalue weighted by Gasteiger charge is 2.08. The SMILES string of the molecule is CNC(=O)CCN(C)Cc1cccc(Cl)c1O. The van der Waals surface area contributed by atoms with Gasteiger partial charge in [0.05, 0.1) is 5.02 Å². The molecule has 0 aliphatic rings. The maximum Gasteiger partial charge on any atom is 0.221 e. The molecule has 2 N–H and O–H groups in total. The van der Waals surface area contributed by atoms with Crippen molar-refractivity contribution in [3.05, 3.63) is 28.8 Å². The molecule has 0 bridgehead atoms. The summed E-state index contributed by atoms with van der Waals surface area (Å²) in [4.78, 5) is 13.0. The number of benzene rings is 1. The van der Waals surface area contributed by atoms with Gasteiger partial charge in [0.2, 0.25) is 5.91 Å². The molecular formula is C12H17ClN2O2. The minimum absolute atomic E-state index is 0.00664. The van der Waals surface area contributed by atoms with Crippen LogP contribution in [0.3, 0.4) is 0 Å². The van der Waals surface area contributed by atoms with Crippen LogP contribution in [0, 0.1) is 0 Å². The third-order valence-corrected chi connectivity index (χ3v) is 2.82. The zero-order valence-electron chi connectivity index (χ0n) is 10.0. The maximum absolute atomic E-state index is 11.1. The van der Waals surface area contributed by atoms with Crippen LogP contribution in [0.25, 0.3) is 0 Å². The van der Waals surface area contributed by atoms with E-state index in [1.54, 1.807) is 19.2 Å². The lowest BCUT2D eigenvalue weighted by molar-refractivity contribution is -0.120. The van der Waals surface area contributed by atoms with E-state index in [4.69, 9.17) is 11.6 Å². The lowest BCUT2D eigenvalue weighted by Crippen LogP contribution is -2.26. The van der Waals surface area contributed by atoms with Crippen LogP contribution in [-0.4, -0.2) is 36.6 Å². The monoisotopic (exact) mass is 256 g/mol. The topological polar surface area (TPSA) is 52.6 Å². The van der Waals surface area contributed by atoms with E-state index in [1.807, 2.05) is 18.0 Å². The van der Waals surface area contributed by atoms with Crippen molar-refractivity contribution < 1.29 is 9.90 Å². The number of rotatable bonds is 5. The van der Waals surface area contributed by atoms with Gasteiger partial charge in [-0.1, -0.05) is 23.7 Å². The molecular weight excluding hydrogens is 240 g/mol. The molecule has 94 valence electrons. The third-order valence-electron chi connectivity index (χ3n) is 2.51. The van der Waals surface area contributed by atoms with Gasteiger partial charge in [-0.25, -0.2) is 0 Å². The van der Waals surface area contributed by atoms with E-state index in [1.165, 1.54) is 0 Å². The van der Waals surface area contributed by atoms with Crippen LogP contribution < -0.4 is 5.32 Å². The summed E-state index contributed by atoms with van der Waals surface area (Å²) in [5.74, 6) is 0.119. The van der Waals surface area contributed by atoms with E-state index in [0.29, 0.717) is 24.5 Å². The highest BCUT2D eigenvalue weighted by molar-refractivity contribution is 6.32. The minimum atomic E-state index is 0.00664. The molecule has 0 radical (unpaired) electrons. The van der Waals surface area contributed by atoms with Gasteiger partial charge < -0.3 is 15.3 Å². The van der Waals surface area contributed by atoms with Crippen LogP contribution in [0.5, 0.6) is 5.75 Å². The predicted octanol–water partition coefficient (Wildman–Crippen LogP) is 1.61. The summed E-state index contributed by atoms with van der Waals surface area (Å²) in [5.41, 5.74) is 0.761. The van der Waals surface area contributed by atoms with E-state index >= 15 is 0 Å². The molecule has 1 aromatic carbocycles. The number of phenolic OH excluding ortho intramolecular Hbond substituents is 1. The first-order valence-corrected chi connectivity index (χ1v) is 5.78. The van der Waals surface area contributed by atoms with Gasteiger partial charge in [-0.2, -0.15) is 0 Å². The van der Waals surface area contributed by atoms with Crippen molar-refractivity contribution >= 4 is 17.5 Å². The third kappa shape index (κ3) is 4.24. The van der Waals surface area contributed by atoms with Crippen molar-refractivity contribution in [1.29, 1.82) is 0 Å². The van der Waals surface area contributed by atoms with Crippen molar-refractivity contribution in [2.24, 2.45) is 0 Å². The number of amides is 1. The fraction of sp³-hybridized carbons (Fsp3) is 0.417. The van der Waals surface area contributed by atoms with E-state index in [2.05, 4.69) is 5.32 Å². The fourth-order valence-electron chi connectivity index (χ4n) is 1.47. The molecule has 1 rings (SSSR count). The van der Waals surface area contributed by atoms with Crippen molar-refractivity contribution in [3.8, 4) is 5.75 Å². The van der Waals surface area contributed by atoms with Crippen molar-refractivity contribution in [2.75, 3.05) is 20.6 Å². The highest BCUT2D eigenvalue weighted by atomic mass is 35.5. The molecule has 1 aromatic rings. The smallest absolute Gasteiger partial charge is 0.221 e. The minimum Gasteiger partial charge on any atom is -0.506 e. The molecule has 0 aliphatic carbocycles. The van der Waals surface area contributed by atoms with E-state index in [9.17, 15) is 9.90 Å². The van der Waals surface area contributed by atoms with Gasteiger partial charge in [0.1, 0.15) is 5.75 Å². The first kappa shape index (κ1) is 13.8. The van der Waals surface area contributed by atoms with Crippen LogP contribution in [0.4, 0.5) is 0 Å². The van der Waals surface area contributed by atoms with Crippen LogP contribution in [0.1, 0.15) is 12.0 Å². The van der Waals surface area contributed by atoms with Crippen LogP contribution in [-0.2, 0) is 11.3 Å². The molecule has 0 aromatic heterocycles. The lowest BCUT2D eigenvalue weighted by Gasteiger charge is -2.17. The largest absolute Gasteiger partial charge is 0.506 e. The number of phenols is 1. The normalized spacial score (nSPS) is 10.6. The van der Waals surface area contributed by atoms with Crippen molar-refractivity contribution in [3.63, 3.8) is 0 Å². The average Bonchev–Trinajstić information content (AvgIpc) is 2.32. The second-order valence-electron chi connectivity index (χ2n) is 3.91. The van der Waals surface area contributed by atoms with Gasteiger partial charge >= 0.3 is 0 Å². The van der Waals surface area contributed by atoms with Gasteiger partial charge in [0, 0.05) is 32.1 Å². The summed E-state index contributed by atoms with van der Waals surface area (Å²) in [5, 5.41) is 12.6. The summed E-state index contributed by atoms with van der Waals surface area (Å²) in [6.45, 7) is 1.19. The Labute approximate surface area is 106 Å².